The third-order valence-electron chi connectivity index (χ3n) is 4.49. The molecule has 1 aromatic heterocycles. The van der Waals surface area contributed by atoms with Crippen molar-refractivity contribution in [1.29, 1.82) is 0 Å². The Hall–Kier alpha value is -2.05. The van der Waals surface area contributed by atoms with E-state index in [9.17, 15) is 4.91 Å². The summed E-state index contributed by atoms with van der Waals surface area (Å²) in [7, 11) is 0. The highest BCUT2D eigenvalue weighted by Crippen LogP contribution is 2.37. The van der Waals surface area contributed by atoms with Gasteiger partial charge in [0.15, 0.2) is 0 Å². The second kappa shape index (κ2) is 5.30. The summed E-state index contributed by atoms with van der Waals surface area (Å²) in [5.41, 5.74) is 3.61. The minimum atomic E-state index is -0.228. The lowest BCUT2D eigenvalue weighted by Gasteiger charge is -2.26. The number of hydrogen-bond acceptors (Lipinski definition) is 4. The first-order valence-corrected chi connectivity index (χ1v) is 7.67. The molecule has 1 atom stereocenters. The smallest absolute Gasteiger partial charge is 0.280 e. The van der Waals surface area contributed by atoms with Crippen LogP contribution in [0.15, 0.2) is 30.6 Å². The van der Waals surface area contributed by atoms with Crippen LogP contribution in [0.2, 0.25) is 0 Å². The average Bonchev–Trinajstić information content (AvgIpc) is 2.97. The Morgan fingerprint density at radius 3 is 2.91 bits per heavy atom. The summed E-state index contributed by atoms with van der Waals surface area (Å²) in [4.78, 5) is 19.5. The molecule has 1 saturated heterocycles. The lowest BCUT2D eigenvalue weighted by molar-refractivity contribution is -0.512. The van der Waals surface area contributed by atoms with Gasteiger partial charge >= 0.3 is 0 Å². The molecule has 0 bridgehead atoms. The molecule has 0 amide bonds. The van der Waals surface area contributed by atoms with E-state index >= 15 is 0 Å². The van der Waals surface area contributed by atoms with Gasteiger partial charge in [-0.2, -0.15) is 0 Å². The SMILES string of the molecule is CC1c2c(CN3CCOCC3)ncn2-c2ccccc2[N+]1=O. The molecule has 4 rings (SSSR count). The zero-order valence-electron chi connectivity index (χ0n) is 12.6. The largest absolute Gasteiger partial charge is 0.379 e. The summed E-state index contributed by atoms with van der Waals surface area (Å²) in [6.07, 6.45) is 1.84. The minimum absolute atomic E-state index is 0.228. The normalized spacial score (nSPS) is 21.5. The van der Waals surface area contributed by atoms with Crippen LogP contribution in [0, 0.1) is 4.91 Å². The Morgan fingerprint density at radius 2 is 2.09 bits per heavy atom. The highest BCUT2D eigenvalue weighted by Gasteiger charge is 2.38. The fourth-order valence-corrected chi connectivity index (χ4v) is 3.30. The number of morpholine rings is 1. The van der Waals surface area contributed by atoms with Crippen LogP contribution in [0.4, 0.5) is 5.69 Å². The first-order chi connectivity index (χ1) is 10.8. The Kier molecular flexibility index (Phi) is 3.28. The molecule has 2 aliphatic rings. The lowest BCUT2D eigenvalue weighted by atomic mass is 10.1. The van der Waals surface area contributed by atoms with E-state index < -0.39 is 0 Å². The molecule has 1 aromatic carbocycles. The summed E-state index contributed by atoms with van der Waals surface area (Å²) >= 11 is 0. The van der Waals surface area contributed by atoms with E-state index in [1.165, 1.54) is 0 Å². The molecule has 0 radical (unpaired) electrons. The van der Waals surface area contributed by atoms with E-state index in [1.54, 1.807) is 0 Å². The molecule has 1 unspecified atom stereocenters. The Morgan fingerprint density at radius 1 is 1.32 bits per heavy atom. The van der Waals surface area contributed by atoms with Crippen LogP contribution < -0.4 is 0 Å². The molecule has 22 heavy (non-hydrogen) atoms. The number of hydrogen-bond donors (Lipinski definition) is 0. The molecule has 114 valence electrons. The summed E-state index contributed by atoms with van der Waals surface area (Å²) < 4.78 is 8.54. The third-order valence-corrected chi connectivity index (χ3v) is 4.49. The second-order valence-corrected chi connectivity index (χ2v) is 5.83. The number of nitroso groups, excluding NO2 is 1. The summed E-state index contributed by atoms with van der Waals surface area (Å²) in [6, 6.07) is 7.45. The molecule has 2 aliphatic heterocycles. The van der Waals surface area contributed by atoms with Gasteiger partial charge in [0, 0.05) is 42.3 Å². The highest BCUT2D eigenvalue weighted by molar-refractivity contribution is 5.55. The van der Waals surface area contributed by atoms with Crippen molar-refractivity contribution in [3.05, 3.63) is 46.9 Å². The molecular formula is C16H19N4O2+. The minimum Gasteiger partial charge on any atom is -0.379 e. The Balaban J connectivity index is 1.74. The van der Waals surface area contributed by atoms with E-state index in [2.05, 4.69) is 14.5 Å². The molecule has 0 spiro atoms. The van der Waals surface area contributed by atoms with E-state index in [0.717, 1.165) is 54.7 Å². The van der Waals surface area contributed by atoms with E-state index in [-0.39, 0.29) is 6.04 Å². The molecule has 0 N–H and O–H groups in total. The molecule has 1 fully saturated rings. The number of rotatable bonds is 2. The van der Waals surface area contributed by atoms with Crippen molar-refractivity contribution in [2.75, 3.05) is 26.3 Å². The fourth-order valence-electron chi connectivity index (χ4n) is 3.30. The summed E-state index contributed by atoms with van der Waals surface area (Å²) in [5.74, 6) is 0. The van der Waals surface area contributed by atoms with Crippen molar-refractivity contribution >= 4 is 5.69 Å². The Labute approximate surface area is 128 Å². The van der Waals surface area contributed by atoms with Crippen LogP contribution in [0.5, 0.6) is 0 Å². The van der Waals surface area contributed by atoms with Gasteiger partial charge in [-0.25, -0.2) is 4.98 Å². The molecule has 0 saturated carbocycles. The highest BCUT2D eigenvalue weighted by atomic mass is 16.5. The number of aromatic nitrogens is 2. The van der Waals surface area contributed by atoms with Gasteiger partial charge in [0.2, 0.25) is 6.04 Å². The maximum atomic E-state index is 12.6. The first kappa shape index (κ1) is 13.6. The molecule has 6 heteroatoms. The molecule has 6 nitrogen and oxygen atoms in total. The zero-order valence-corrected chi connectivity index (χ0v) is 12.6. The van der Waals surface area contributed by atoms with Gasteiger partial charge in [-0.3, -0.25) is 9.47 Å². The summed E-state index contributed by atoms with van der Waals surface area (Å²) in [5, 5.41) is 0. The van der Waals surface area contributed by atoms with Crippen molar-refractivity contribution in [1.82, 2.24) is 14.5 Å². The molecular weight excluding hydrogens is 280 g/mol. The van der Waals surface area contributed by atoms with Crippen molar-refractivity contribution in [3.8, 4) is 5.69 Å². The van der Waals surface area contributed by atoms with Crippen molar-refractivity contribution in [3.63, 3.8) is 0 Å². The molecule has 0 aliphatic carbocycles. The predicted octanol–water partition coefficient (Wildman–Crippen LogP) is 2.19. The van der Waals surface area contributed by atoms with Gasteiger partial charge in [0.1, 0.15) is 17.7 Å². The number of imidazole rings is 1. The van der Waals surface area contributed by atoms with Crippen LogP contribution in [0.25, 0.3) is 5.69 Å². The van der Waals surface area contributed by atoms with Crippen LogP contribution in [0.1, 0.15) is 24.4 Å². The number of nitrogens with zero attached hydrogens (tertiary/aromatic N) is 4. The van der Waals surface area contributed by atoms with Gasteiger partial charge in [0.25, 0.3) is 5.69 Å². The van der Waals surface area contributed by atoms with E-state index in [1.807, 2.05) is 37.5 Å². The van der Waals surface area contributed by atoms with Gasteiger partial charge in [0.05, 0.1) is 18.9 Å². The molecule has 2 aromatic rings. The van der Waals surface area contributed by atoms with Gasteiger partial charge < -0.3 is 4.74 Å². The lowest BCUT2D eigenvalue weighted by Crippen LogP contribution is -2.36. The molecule has 3 heterocycles. The predicted molar refractivity (Wildman–Crippen MR) is 81.4 cm³/mol. The van der Waals surface area contributed by atoms with Gasteiger partial charge in [-0.1, -0.05) is 12.1 Å². The number of benzene rings is 1. The van der Waals surface area contributed by atoms with E-state index in [4.69, 9.17) is 4.74 Å². The van der Waals surface area contributed by atoms with Crippen LogP contribution >= 0.6 is 0 Å². The monoisotopic (exact) mass is 299 g/mol. The fraction of sp³-hybridized carbons (Fsp3) is 0.438. The standard InChI is InChI=1S/C16H19N4O2/c1-12-16-13(10-18-6-8-22-9-7-18)17-11-19(16)14-4-2-3-5-15(14)20(12)21/h2-5,11-12H,6-10H2,1H3/q+1. The third kappa shape index (κ3) is 2.07. The van der Waals surface area contributed by atoms with Gasteiger partial charge in [-0.05, 0) is 6.07 Å². The zero-order chi connectivity index (χ0) is 15.1. The number of ether oxygens (including phenoxy) is 1. The van der Waals surface area contributed by atoms with Gasteiger partial charge in [-0.15, -0.1) is 0 Å². The average molecular weight is 299 g/mol. The van der Waals surface area contributed by atoms with Crippen molar-refractivity contribution < 1.29 is 9.50 Å². The van der Waals surface area contributed by atoms with Crippen LogP contribution in [-0.2, 0) is 11.3 Å². The van der Waals surface area contributed by atoms with Crippen molar-refractivity contribution in [2.24, 2.45) is 0 Å². The van der Waals surface area contributed by atoms with Crippen LogP contribution in [0.3, 0.4) is 0 Å². The van der Waals surface area contributed by atoms with Crippen molar-refractivity contribution in [2.45, 2.75) is 19.5 Å². The Bertz CT molecular complexity index is 719. The number of para-hydroxylation sites is 2. The number of fused-ring (bicyclic) bond motifs is 3. The van der Waals surface area contributed by atoms with Crippen LogP contribution in [-0.4, -0.2) is 45.5 Å². The maximum absolute atomic E-state index is 12.6. The van der Waals surface area contributed by atoms with E-state index in [0.29, 0.717) is 5.69 Å². The topological polar surface area (TPSA) is 50.4 Å². The quantitative estimate of drug-likeness (QED) is 0.798. The first-order valence-electron chi connectivity index (χ1n) is 7.67. The second-order valence-electron chi connectivity index (χ2n) is 5.83. The summed E-state index contributed by atoms with van der Waals surface area (Å²) in [6.45, 7) is 6.08. The maximum Gasteiger partial charge on any atom is 0.280 e.